The zero-order valence-electron chi connectivity index (χ0n) is 7.88. The molecule has 72 valence electrons. The number of nitrogens with zero attached hydrogens (tertiary/aromatic N) is 4. The van der Waals surface area contributed by atoms with E-state index in [0.717, 1.165) is 11.3 Å². The second-order valence-electron chi connectivity index (χ2n) is 3.05. The largest absolute Gasteiger partial charge is 0.367 e. The Hall–Kier alpha value is -1.91. The van der Waals surface area contributed by atoms with Crippen LogP contribution in [-0.2, 0) is 6.54 Å². The summed E-state index contributed by atoms with van der Waals surface area (Å²) in [6.45, 7) is 2.62. The maximum Gasteiger partial charge on any atom is 0.239 e. The summed E-state index contributed by atoms with van der Waals surface area (Å²) in [7, 11) is 0. The molecule has 5 nitrogen and oxygen atoms in total. The first-order valence-corrected chi connectivity index (χ1v) is 4.31. The molecule has 0 saturated heterocycles. The van der Waals surface area contributed by atoms with Crippen LogP contribution in [0.3, 0.4) is 0 Å². The molecule has 0 bridgehead atoms. The van der Waals surface area contributed by atoms with E-state index in [2.05, 4.69) is 15.1 Å². The summed E-state index contributed by atoms with van der Waals surface area (Å²) < 4.78 is 1.69. The van der Waals surface area contributed by atoms with E-state index in [9.17, 15) is 0 Å². The number of nitrogen functional groups attached to an aromatic ring is 1. The SMILES string of the molecule is Cc1ncccc1Cn1cnc(N)n1. The minimum absolute atomic E-state index is 0.298. The fraction of sp³-hybridized carbons (Fsp3) is 0.222. The Labute approximate surface area is 81.6 Å². The Morgan fingerprint density at radius 2 is 2.29 bits per heavy atom. The highest BCUT2D eigenvalue weighted by Gasteiger charge is 2.00. The van der Waals surface area contributed by atoms with Crippen LogP contribution in [-0.4, -0.2) is 19.7 Å². The van der Waals surface area contributed by atoms with Crippen molar-refractivity contribution < 1.29 is 0 Å². The van der Waals surface area contributed by atoms with Crippen LogP contribution in [0.25, 0.3) is 0 Å². The highest BCUT2D eigenvalue weighted by molar-refractivity contribution is 5.19. The third-order valence-corrected chi connectivity index (χ3v) is 2.00. The van der Waals surface area contributed by atoms with Crippen molar-refractivity contribution in [3.63, 3.8) is 0 Å². The maximum atomic E-state index is 5.41. The second kappa shape index (κ2) is 3.45. The van der Waals surface area contributed by atoms with Crippen LogP contribution in [0.4, 0.5) is 5.95 Å². The lowest BCUT2D eigenvalue weighted by Crippen LogP contribution is -2.03. The molecule has 2 rings (SSSR count). The van der Waals surface area contributed by atoms with Gasteiger partial charge in [-0.1, -0.05) is 6.07 Å². The number of aryl methyl sites for hydroxylation is 1. The average Bonchev–Trinajstić information content (AvgIpc) is 2.56. The fourth-order valence-corrected chi connectivity index (χ4v) is 1.24. The molecule has 0 saturated carbocycles. The van der Waals surface area contributed by atoms with Crippen LogP contribution in [0.1, 0.15) is 11.3 Å². The van der Waals surface area contributed by atoms with E-state index in [4.69, 9.17) is 5.73 Å². The van der Waals surface area contributed by atoms with E-state index >= 15 is 0 Å². The number of hydrogen-bond acceptors (Lipinski definition) is 4. The Bertz CT molecular complexity index is 434. The van der Waals surface area contributed by atoms with Gasteiger partial charge in [-0.05, 0) is 18.6 Å². The number of aromatic nitrogens is 4. The monoisotopic (exact) mass is 189 g/mol. The number of rotatable bonds is 2. The first-order valence-electron chi connectivity index (χ1n) is 4.31. The van der Waals surface area contributed by atoms with Crippen molar-refractivity contribution in [3.05, 3.63) is 35.9 Å². The van der Waals surface area contributed by atoms with Gasteiger partial charge in [0.05, 0.1) is 6.54 Å². The van der Waals surface area contributed by atoms with E-state index in [1.165, 1.54) is 0 Å². The first-order chi connectivity index (χ1) is 6.75. The summed E-state index contributed by atoms with van der Waals surface area (Å²) in [4.78, 5) is 8.04. The molecule has 2 N–H and O–H groups in total. The maximum absolute atomic E-state index is 5.41. The van der Waals surface area contributed by atoms with Gasteiger partial charge in [-0.3, -0.25) is 4.98 Å². The summed E-state index contributed by atoms with van der Waals surface area (Å²) >= 11 is 0. The Balaban J connectivity index is 2.23. The van der Waals surface area contributed by atoms with Crippen LogP contribution >= 0.6 is 0 Å². The summed E-state index contributed by atoms with van der Waals surface area (Å²) in [5.41, 5.74) is 7.54. The van der Waals surface area contributed by atoms with Gasteiger partial charge >= 0.3 is 0 Å². The standard InChI is InChI=1S/C9H11N5/c1-7-8(3-2-4-11-7)5-14-6-12-9(10)13-14/h2-4,6H,5H2,1H3,(H2,10,13). The lowest BCUT2D eigenvalue weighted by Gasteiger charge is -2.03. The number of pyridine rings is 1. The van der Waals surface area contributed by atoms with Crippen LogP contribution in [0.2, 0.25) is 0 Å². The van der Waals surface area contributed by atoms with Crippen molar-refractivity contribution in [2.45, 2.75) is 13.5 Å². The Morgan fingerprint density at radius 1 is 1.43 bits per heavy atom. The quantitative estimate of drug-likeness (QED) is 0.751. The third kappa shape index (κ3) is 1.71. The molecule has 0 aliphatic rings. The highest BCUT2D eigenvalue weighted by atomic mass is 15.4. The van der Waals surface area contributed by atoms with Crippen molar-refractivity contribution >= 4 is 5.95 Å². The van der Waals surface area contributed by atoms with Crippen LogP contribution in [0, 0.1) is 6.92 Å². The molecule has 0 spiro atoms. The van der Waals surface area contributed by atoms with E-state index in [1.54, 1.807) is 17.2 Å². The van der Waals surface area contributed by atoms with Crippen molar-refractivity contribution in [2.24, 2.45) is 0 Å². The molecule has 0 unspecified atom stereocenters. The van der Waals surface area contributed by atoms with Crippen molar-refractivity contribution in [1.29, 1.82) is 0 Å². The normalized spacial score (nSPS) is 10.4. The molecular formula is C9H11N5. The zero-order chi connectivity index (χ0) is 9.97. The lowest BCUT2D eigenvalue weighted by atomic mass is 10.2. The predicted molar refractivity (Wildman–Crippen MR) is 52.5 cm³/mol. The zero-order valence-corrected chi connectivity index (χ0v) is 7.88. The molecule has 2 heterocycles. The molecule has 0 amide bonds. The summed E-state index contributed by atoms with van der Waals surface area (Å²) in [6.07, 6.45) is 3.39. The summed E-state index contributed by atoms with van der Waals surface area (Å²) in [5.74, 6) is 0.298. The van der Waals surface area contributed by atoms with Gasteiger partial charge in [0.1, 0.15) is 6.33 Å². The van der Waals surface area contributed by atoms with Gasteiger partial charge in [0.15, 0.2) is 0 Å². The average molecular weight is 189 g/mol. The number of nitrogens with two attached hydrogens (primary N) is 1. The highest BCUT2D eigenvalue weighted by Crippen LogP contribution is 2.05. The van der Waals surface area contributed by atoms with Gasteiger partial charge in [0, 0.05) is 11.9 Å². The Morgan fingerprint density at radius 3 is 2.93 bits per heavy atom. The molecule has 2 aromatic heterocycles. The molecule has 0 aliphatic carbocycles. The van der Waals surface area contributed by atoms with Crippen molar-refractivity contribution in [2.75, 3.05) is 5.73 Å². The molecule has 0 radical (unpaired) electrons. The number of hydrogen-bond donors (Lipinski definition) is 1. The van der Waals surface area contributed by atoms with Crippen LogP contribution in [0.15, 0.2) is 24.7 Å². The van der Waals surface area contributed by atoms with Crippen LogP contribution < -0.4 is 5.73 Å². The van der Waals surface area contributed by atoms with Gasteiger partial charge in [0.25, 0.3) is 0 Å². The number of anilines is 1. The minimum Gasteiger partial charge on any atom is -0.367 e. The van der Waals surface area contributed by atoms with Gasteiger partial charge in [0.2, 0.25) is 5.95 Å². The summed E-state index contributed by atoms with van der Waals surface area (Å²) in [5, 5.41) is 4.00. The smallest absolute Gasteiger partial charge is 0.239 e. The van der Waals surface area contributed by atoms with E-state index in [0.29, 0.717) is 12.5 Å². The van der Waals surface area contributed by atoms with Gasteiger partial charge < -0.3 is 5.73 Å². The minimum atomic E-state index is 0.298. The lowest BCUT2D eigenvalue weighted by molar-refractivity contribution is 0.681. The molecule has 0 aliphatic heterocycles. The molecular weight excluding hydrogens is 178 g/mol. The molecule has 5 heteroatoms. The van der Waals surface area contributed by atoms with Gasteiger partial charge in [-0.2, -0.15) is 0 Å². The molecule has 0 fully saturated rings. The van der Waals surface area contributed by atoms with Gasteiger partial charge in [-0.25, -0.2) is 9.67 Å². The predicted octanol–water partition coefficient (Wildman–Crippen LogP) is 0.612. The fourth-order valence-electron chi connectivity index (χ4n) is 1.24. The van der Waals surface area contributed by atoms with E-state index in [-0.39, 0.29) is 0 Å². The first kappa shape index (κ1) is 8.68. The Kier molecular flexibility index (Phi) is 2.14. The molecule has 0 atom stereocenters. The third-order valence-electron chi connectivity index (χ3n) is 2.00. The van der Waals surface area contributed by atoms with Gasteiger partial charge in [-0.15, -0.1) is 5.10 Å². The topological polar surface area (TPSA) is 69.6 Å². The van der Waals surface area contributed by atoms with Crippen LogP contribution in [0.5, 0.6) is 0 Å². The molecule has 0 aromatic carbocycles. The van der Waals surface area contributed by atoms with Crippen molar-refractivity contribution in [1.82, 2.24) is 19.7 Å². The second-order valence-corrected chi connectivity index (χ2v) is 3.05. The van der Waals surface area contributed by atoms with E-state index in [1.807, 2.05) is 19.1 Å². The molecule has 14 heavy (non-hydrogen) atoms. The van der Waals surface area contributed by atoms with Crippen molar-refractivity contribution in [3.8, 4) is 0 Å². The molecule has 2 aromatic rings. The van der Waals surface area contributed by atoms with E-state index < -0.39 is 0 Å². The summed E-state index contributed by atoms with van der Waals surface area (Å²) in [6, 6.07) is 3.92.